The number of aromatic nitrogens is 6. The van der Waals surface area contributed by atoms with E-state index in [-0.39, 0.29) is 11.7 Å². The smallest absolute Gasteiger partial charge is 0.278 e. The minimum atomic E-state index is -1.33. The van der Waals surface area contributed by atoms with Crippen LogP contribution in [0.5, 0.6) is 5.75 Å². The van der Waals surface area contributed by atoms with Crippen LogP contribution >= 0.6 is 0 Å². The van der Waals surface area contributed by atoms with Gasteiger partial charge >= 0.3 is 0 Å². The molecule has 212 valence electrons. The molecule has 1 atom stereocenters. The molecule has 0 spiro atoms. The molecule has 3 N–H and O–H groups in total. The van der Waals surface area contributed by atoms with E-state index in [2.05, 4.69) is 31.0 Å². The van der Waals surface area contributed by atoms with Crippen molar-refractivity contribution in [2.24, 2.45) is 7.05 Å². The van der Waals surface area contributed by atoms with Crippen molar-refractivity contribution in [2.75, 3.05) is 0 Å². The van der Waals surface area contributed by atoms with Crippen molar-refractivity contribution >= 4 is 16.8 Å². The Morgan fingerprint density at radius 3 is 2.64 bits per heavy atom. The number of ether oxygens (including phenoxy) is 1. The SMILES string of the molecule is CC(C)n1ccc(=O)c(C(=O)NC2(c3ccc(F)cc3)C=CC(Oc3cc4cnn(C)c4cc3-c3cn[nH]c3)=CN2)n1. The highest BCUT2D eigenvalue weighted by atomic mass is 19.1. The Morgan fingerprint density at radius 1 is 1.14 bits per heavy atom. The van der Waals surface area contributed by atoms with Crippen molar-refractivity contribution < 1.29 is 13.9 Å². The van der Waals surface area contributed by atoms with E-state index in [0.29, 0.717) is 17.1 Å². The Morgan fingerprint density at radius 2 is 1.95 bits per heavy atom. The first-order valence-electron chi connectivity index (χ1n) is 13.2. The quantitative estimate of drug-likeness (QED) is 0.272. The molecule has 1 aliphatic heterocycles. The molecule has 1 aliphatic rings. The lowest BCUT2D eigenvalue weighted by atomic mass is 9.96. The third kappa shape index (κ3) is 4.94. The zero-order valence-corrected chi connectivity index (χ0v) is 23.0. The van der Waals surface area contributed by atoms with Gasteiger partial charge in [-0.25, -0.2) is 4.39 Å². The molecule has 4 heterocycles. The number of hydrogen-bond donors (Lipinski definition) is 3. The summed E-state index contributed by atoms with van der Waals surface area (Å²) in [5.41, 5.74) is 0.976. The molecule has 12 heteroatoms. The number of benzene rings is 2. The van der Waals surface area contributed by atoms with Gasteiger partial charge in [-0.1, -0.05) is 12.1 Å². The average molecular weight is 567 g/mol. The van der Waals surface area contributed by atoms with E-state index in [4.69, 9.17) is 4.74 Å². The summed E-state index contributed by atoms with van der Waals surface area (Å²) in [6.45, 7) is 3.78. The number of halogens is 1. The van der Waals surface area contributed by atoms with Gasteiger partial charge in [0, 0.05) is 59.8 Å². The van der Waals surface area contributed by atoms with E-state index in [9.17, 15) is 14.0 Å². The first-order valence-corrected chi connectivity index (χ1v) is 13.2. The summed E-state index contributed by atoms with van der Waals surface area (Å²) in [6.07, 6.45) is 11.7. The fourth-order valence-corrected chi connectivity index (χ4v) is 4.71. The summed E-state index contributed by atoms with van der Waals surface area (Å²) in [6, 6.07) is 10.8. The van der Waals surface area contributed by atoms with Crippen molar-refractivity contribution in [2.45, 2.75) is 25.6 Å². The number of aryl methyl sites for hydroxylation is 1. The fraction of sp³-hybridized carbons (Fsp3) is 0.167. The topological polar surface area (TPSA) is 132 Å². The Labute approximate surface area is 239 Å². The fourth-order valence-electron chi connectivity index (χ4n) is 4.71. The Hall–Kier alpha value is -5.52. The second-order valence-electron chi connectivity index (χ2n) is 10.2. The number of allylic oxidation sites excluding steroid dienone is 1. The maximum atomic E-state index is 13.8. The summed E-state index contributed by atoms with van der Waals surface area (Å²) in [5, 5.41) is 22.4. The first-order chi connectivity index (χ1) is 20.2. The minimum absolute atomic E-state index is 0.0589. The van der Waals surface area contributed by atoms with Crippen LogP contribution in [-0.2, 0) is 12.7 Å². The Bertz CT molecular complexity index is 1910. The molecule has 1 amide bonds. The van der Waals surface area contributed by atoms with E-state index in [0.717, 1.165) is 22.0 Å². The zero-order chi connectivity index (χ0) is 29.4. The number of carbonyl (C=O) groups is 1. The molecule has 1 unspecified atom stereocenters. The van der Waals surface area contributed by atoms with Crippen LogP contribution in [0, 0.1) is 5.82 Å². The van der Waals surface area contributed by atoms with E-state index in [1.165, 1.54) is 29.1 Å². The molecule has 0 aliphatic carbocycles. The van der Waals surface area contributed by atoms with Gasteiger partial charge in [0.05, 0.1) is 17.9 Å². The van der Waals surface area contributed by atoms with Crippen LogP contribution in [-0.4, -0.2) is 35.7 Å². The first kappa shape index (κ1) is 26.7. The summed E-state index contributed by atoms with van der Waals surface area (Å²) in [7, 11) is 1.87. The normalized spacial score (nSPS) is 16.4. The Balaban J connectivity index is 1.34. The third-order valence-electron chi connectivity index (χ3n) is 7.01. The van der Waals surface area contributed by atoms with Crippen LogP contribution in [0.15, 0.2) is 96.2 Å². The molecular weight excluding hydrogens is 539 g/mol. The number of dihydropyridines is 1. The van der Waals surface area contributed by atoms with Gasteiger partial charge in [-0.05, 0) is 50.3 Å². The van der Waals surface area contributed by atoms with Gasteiger partial charge < -0.3 is 15.4 Å². The van der Waals surface area contributed by atoms with Gasteiger partial charge in [0.2, 0.25) is 5.43 Å². The van der Waals surface area contributed by atoms with Crippen molar-refractivity contribution in [3.05, 3.63) is 119 Å². The lowest BCUT2D eigenvalue weighted by molar-refractivity contribution is 0.0896. The average Bonchev–Trinajstić information content (AvgIpc) is 3.64. The number of fused-ring (bicyclic) bond motifs is 1. The number of carbonyl (C=O) groups excluding carboxylic acids is 1. The highest BCUT2D eigenvalue weighted by Gasteiger charge is 2.34. The highest BCUT2D eigenvalue weighted by Crippen LogP contribution is 2.36. The molecule has 3 aromatic heterocycles. The third-order valence-corrected chi connectivity index (χ3v) is 7.01. The predicted molar refractivity (Wildman–Crippen MR) is 154 cm³/mol. The number of amides is 1. The van der Waals surface area contributed by atoms with E-state index >= 15 is 0 Å². The molecule has 0 saturated heterocycles. The molecule has 5 aromatic rings. The van der Waals surface area contributed by atoms with Gasteiger partial charge in [-0.15, -0.1) is 0 Å². The van der Waals surface area contributed by atoms with Crippen molar-refractivity contribution in [3.63, 3.8) is 0 Å². The molecular formula is C30H27FN8O3. The largest absolute Gasteiger partial charge is 0.455 e. The molecule has 0 bridgehead atoms. The molecule has 42 heavy (non-hydrogen) atoms. The predicted octanol–water partition coefficient (Wildman–Crippen LogP) is 3.90. The van der Waals surface area contributed by atoms with Gasteiger partial charge in [0.25, 0.3) is 5.91 Å². The molecule has 11 nitrogen and oxygen atoms in total. The minimum Gasteiger partial charge on any atom is -0.455 e. The highest BCUT2D eigenvalue weighted by molar-refractivity contribution is 5.93. The van der Waals surface area contributed by atoms with Gasteiger partial charge in [-0.2, -0.15) is 15.3 Å². The maximum Gasteiger partial charge on any atom is 0.278 e. The van der Waals surface area contributed by atoms with Crippen LogP contribution in [0.25, 0.3) is 22.0 Å². The van der Waals surface area contributed by atoms with Crippen LogP contribution in [0.2, 0.25) is 0 Å². The number of nitrogens with one attached hydrogen (secondary N) is 3. The van der Waals surface area contributed by atoms with E-state index in [1.807, 2.05) is 33.0 Å². The van der Waals surface area contributed by atoms with E-state index < -0.39 is 22.8 Å². The van der Waals surface area contributed by atoms with Crippen LogP contribution in [0.4, 0.5) is 4.39 Å². The van der Waals surface area contributed by atoms with Crippen molar-refractivity contribution in [1.82, 2.24) is 40.4 Å². The molecule has 0 saturated carbocycles. The number of hydrogen-bond acceptors (Lipinski definition) is 7. The number of rotatable bonds is 7. The Kier molecular flexibility index (Phi) is 6.65. The maximum absolute atomic E-state index is 13.8. The molecule has 0 fully saturated rings. The second-order valence-corrected chi connectivity index (χ2v) is 10.2. The summed E-state index contributed by atoms with van der Waals surface area (Å²) in [5.74, 6) is -0.120. The van der Waals surface area contributed by atoms with Gasteiger partial charge in [0.1, 0.15) is 17.3 Å². The number of aromatic amines is 1. The van der Waals surface area contributed by atoms with Crippen LogP contribution < -0.4 is 20.8 Å². The lowest BCUT2D eigenvalue weighted by Crippen LogP contribution is -2.55. The van der Waals surface area contributed by atoms with Crippen LogP contribution in [0.3, 0.4) is 0 Å². The second kappa shape index (κ2) is 10.5. The van der Waals surface area contributed by atoms with Crippen molar-refractivity contribution in [3.8, 4) is 16.9 Å². The number of nitrogens with zero attached hydrogens (tertiary/aromatic N) is 5. The summed E-state index contributed by atoms with van der Waals surface area (Å²) < 4.78 is 23.5. The monoisotopic (exact) mass is 566 g/mol. The standard InChI is InChI=1S/C30H27FN8O3/c1-18(2)39-11-9-26(40)28(37-39)29(41)36-30(21-4-6-22(31)7-5-21)10-8-23(17-32-30)42-27-12-19-16-35-38(3)25(19)13-24(27)20-14-33-34-15-20/h4-18,32H,1-3H3,(H,33,34)(H,36,41). The number of H-pyrrole nitrogens is 1. The van der Waals surface area contributed by atoms with Crippen molar-refractivity contribution in [1.29, 1.82) is 0 Å². The summed E-state index contributed by atoms with van der Waals surface area (Å²) in [4.78, 5) is 26.0. The van der Waals surface area contributed by atoms with Gasteiger partial charge in [0.15, 0.2) is 11.4 Å². The summed E-state index contributed by atoms with van der Waals surface area (Å²) >= 11 is 0. The lowest BCUT2D eigenvalue weighted by Gasteiger charge is -2.35. The molecule has 0 radical (unpaired) electrons. The molecule has 6 rings (SSSR count). The van der Waals surface area contributed by atoms with Crippen LogP contribution in [0.1, 0.15) is 35.9 Å². The van der Waals surface area contributed by atoms with E-state index in [1.54, 1.807) is 53.8 Å². The zero-order valence-electron chi connectivity index (χ0n) is 23.0. The molecule has 2 aromatic carbocycles. The van der Waals surface area contributed by atoms with Gasteiger partial charge in [-0.3, -0.25) is 24.1 Å².